The Labute approximate surface area is 193 Å². The van der Waals surface area contributed by atoms with Crippen LogP contribution < -0.4 is 15.4 Å². The fourth-order valence-corrected chi connectivity index (χ4v) is 5.85. The van der Waals surface area contributed by atoms with E-state index in [1.54, 1.807) is 6.07 Å². The normalized spacial score (nSPS) is 21.9. The highest BCUT2D eigenvalue weighted by Crippen LogP contribution is 2.55. The molecule has 4 aliphatic rings. The van der Waals surface area contributed by atoms with Gasteiger partial charge in [0.15, 0.2) is 6.61 Å². The van der Waals surface area contributed by atoms with E-state index in [1.165, 1.54) is 22.3 Å². The lowest BCUT2D eigenvalue weighted by Crippen LogP contribution is -2.40. The lowest BCUT2D eigenvalue weighted by molar-refractivity contribution is -0.123. The molecule has 2 bridgehead atoms. The van der Waals surface area contributed by atoms with Crippen LogP contribution in [0.25, 0.3) is 0 Å². The van der Waals surface area contributed by atoms with Gasteiger partial charge in [-0.2, -0.15) is 0 Å². The van der Waals surface area contributed by atoms with E-state index in [4.69, 9.17) is 4.74 Å². The van der Waals surface area contributed by atoms with Crippen molar-refractivity contribution in [1.29, 1.82) is 0 Å². The lowest BCUT2D eigenvalue weighted by Gasteiger charge is -2.45. The maximum atomic E-state index is 12.6. The summed E-state index contributed by atoms with van der Waals surface area (Å²) in [6, 6.07) is 23.1. The lowest BCUT2D eigenvalue weighted by atomic mass is 9.59. The van der Waals surface area contributed by atoms with Crippen molar-refractivity contribution in [3.8, 4) is 5.75 Å². The quantitative estimate of drug-likeness (QED) is 0.622. The van der Waals surface area contributed by atoms with Crippen LogP contribution in [0.1, 0.15) is 52.5 Å². The molecular formula is C28H26N2O3. The molecule has 166 valence electrons. The maximum absolute atomic E-state index is 12.6. The third-order valence-corrected chi connectivity index (χ3v) is 7.33. The summed E-state index contributed by atoms with van der Waals surface area (Å²) in [7, 11) is 0. The van der Waals surface area contributed by atoms with Gasteiger partial charge in [0, 0.05) is 30.5 Å². The molecule has 1 heterocycles. The molecule has 1 atom stereocenters. The van der Waals surface area contributed by atoms with E-state index in [1.807, 2.05) is 12.1 Å². The first-order chi connectivity index (χ1) is 16.2. The van der Waals surface area contributed by atoms with Crippen LogP contribution >= 0.6 is 0 Å². The number of aryl methyl sites for hydroxylation is 1. The molecule has 1 unspecified atom stereocenters. The second-order valence-corrected chi connectivity index (χ2v) is 9.24. The molecule has 7 rings (SSSR count). The van der Waals surface area contributed by atoms with Crippen LogP contribution in [-0.4, -0.2) is 25.0 Å². The number of benzene rings is 3. The molecular weight excluding hydrogens is 412 g/mol. The summed E-state index contributed by atoms with van der Waals surface area (Å²) in [5.41, 5.74) is 7.57. The minimum Gasteiger partial charge on any atom is -0.484 e. The largest absolute Gasteiger partial charge is 0.484 e. The molecule has 3 aromatic carbocycles. The van der Waals surface area contributed by atoms with Gasteiger partial charge in [-0.25, -0.2) is 0 Å². The van der Waals surface area contributed by atoms with Crippen molar-refractivity contribution in [2.45, 2.75) is 31.1 Å². The minimum absolute atomic E-state index is 0.0147. The van der Waals surface area contributed by atoms with Gasteiger partial charge in [-0.05, 0) is 64.8 Å². The van der Waals surface area contributed by atoms with Gasteiger partial charge in [0.25, 0.3) is 5.91 Å². The molecule has 1 aliphatic heterocycles. The summed E-state index contributed by atoms with van der Waals surface area (Å²) in [5.74, 6) is 1.67. The Morgan fingerprint density at radius 3 is 2.36 bits per heavy atom. The third kappa shape index (κ3) is 3.58. The van der Waals surface area contributed by atoms with Gasteiger partial charge >= 0.3 is 0 Å². The topological polar surface area (TPSA) is 67.4 Å². The molecule has 33 heavy (non-hydrogen) atoms. The SMILES string of the molecule is O=C(COc1ccc2c(c1)CCC(=O)N2)NCC1CC2c3ccccc3C1c1ccccc12. The van der Waals surface area contributed by atoms with Crippen LogP contribution in [0.2, 0.25) is 0 Å². The number of anilines is 1. The second-order valence-electron chi connectivity index (χ2n) is 9.24. The molecule has 0 radical (unpaired) electrons. The number of fused-ring (bicyclic) bond motifs is 2. The molecule has 0 aromatic heterocycles. The fraction of sp³-hybridized carbons (Fsp3) is 0.286. The molecule has 0 saturated carbocycles. The Kier molecular flexibility index (Phi) is 4.90. The Balaban J connectivity index is 1.11. The Morgan fingerprint density at radius 2 is 1.64 bits per heavy atom. The molecule has 0 saturated heterocycles. The molecule has 5 nitrogen and oxygen atoms in total. The van der Waals surface area contributed by atoms with Crippen LogP contribution in [0.5, 0.6) is 5.75 Å². The molecule has 2 amide bonds. The molecule has 5 heteroatoms. The van der Waals surface area contributed by atoms with Gasteiger partial charge in [-0.15, -0.1) is 0 Å². The molecule has 3 aliphatic carbocycles. The van der Waals surface area contributed by atoms with E-state index >= 15 is 0 Å². The zero-order valence-corrected chi connectivity index (χ0v) is 18.3. The van der Waals surface area contributed by atoms with Crippen LogP contribution in [0, 0.1) is 5.92 Å². The van der Waals surface area contributed by atoms with Gasteiger partial charge in [0.2, 0.25) is 5.91 Å². The number of nitrogens with one attached hydrogen (secondary N) is 2. The number of carbonyl (C=O) groups is 2. The van der Waals surface area contributed by atoms with Crippen molar-refractivity contribution in [1.82, 2.24) is 5.32 Å². The summed E-state index contributed by atoms with van der Waals surface area (Å²) in [4.78, 5) is 24.1. The summed E-state index contributed by atoms with van der Waals surface area (Å²) >= 11 is 0. The number of hydrogen-bond acceptors (Lipinski definition) is 3. The first-order valence-corrected chi connectivity index (χ1v) is 11.7. The van der Waals surface area contributed by atoms with E-state index in [9.17, 15) is 9.59 Å². The fourth-order valence-electron chi connectivity index (χ4n) is 5.85. The first-order valence-electron chi connectivity index (χ1n) is 11.7. The third-order valence-electron chi connectivity index (χ3n) is 7.33. The number of rotatable bonds is 5. The second kappa shape index (κ2) is 8.07. The first kappa shape index (κ1) is 20.0. The van der Waals surface area contributed by atoms with E-state index < -0.39 is 0 Å². The average molecular weight is 439 g/mol. The summed E-state index contributed by atoms with van der Waals surface area (Å²) in [6.45, 7) is 0.626. The summed E-state index contributed by atoms with van der Waals surface area (Å²) in [5, 5.41) is 5.98. The van der Waals surface area contributed by atoms with Crippen LogP contribution in [0.15, 0.2) is 66.7 Å². The van der Waals surface area contributed by atoms with Crippen LogP contribution in [0.3, 0.4) is 0 Å². The van der Waals surface area contributed by atoms with Crippen LogP contribution in [0.4, 0.5) is 5.69 Å². The number of carbonyl (C=O) groups excluding carboxylic acids is 2. The van der Waals surface area contributed by atoms with Gasteiger partial charge in [-0.1, -0.05) is 48.5 Å². The average Bonchev–Trinajstić information content (AvgIpc) is 2.86. The minimum atomic E-state index is -0.107. The van der Waals surface area contributed by atoms with Gasteiger partial charge < -0.3 is 15.4 Å². The number of hydrogen-bond donors (Lipinski definition) is 2. The Morgan fingerprint density at radius 1 is 0.939 bits per heavy atom. The standard InChI is InChI=1S/C28H26N2O3/c31-26-12-9-17-13-19(10-11-25(17)30-26)33-16-27(32)29-15-18-14-24-20-5-1-3-7-22(20)28(18)23-8-4-2-6-21(23)24/h1-8,10-11,13,18,24,28H,9,12,14-16H2,(H,29,32)(H,30,31). The van der Waals surface area contributed by atoms with Crippen molar-refractivity contribution in [2.24, 2.45) is 5.92 Å². The van der Waals surface area contributed by atoms with E-state index in [2.05, 4.69) is 59.2 Å². The highest BCUT2D eigenvalue weighted by Gasteiger charge is 2.42. The van der Waals surface area contributed by atoms with Crippen molar-refractivity contribution in [3.05, 3.63) is 94.5 Å². The molecule has 0 spiro atoms. The van der Waals surface area contributed by atoms with Crippen molar-refractivity contribution in [2.75, 3.05) is 18.5 Å². The zero-order valence-electron chi connectivity index (χ0n) is 18.3. The van der Waals surface area contributed by atoms with E-state index in [-0.39, 0.29) is 18.4 Å². The maximum Gasteiger partial charge on any atom is 0.257 e. The van der Waals surface area contributed by atoms with Gasteiger partial charge in [0.05, 0.1) is 0 Å². The Hall–Kier alpha value is -3.60. The number of amides is 2. The van der Waals surface area contributed by atoms with Crippen molar-refractivity contribution < 1.29 is 14.3 Å². The number of ether oxygens (including phenoxy) is 1. The van der Waals surface area contributed by atoms with Crippen molar-refractivity contribution in [3.63, 3.8) is 0 Å². The van der Waals surface area contributed by atoms with Gasteiger partial charge in [0.1, 0.15) is 5.75 Å². The predicted molar refractivity (Wildman–Crippen MR) is 127 cm³/mol. The van der Waals surface area contributed by atoms with Gasteiger partial charge in [-0.3, -0.25) is 9.59 Å². The van der Waals surface area contributed by atoms with Crippen molar-refractivity contribution >= 4 is 17.5 Å². The zero-order chi connectivity index (χ0) is 22.4. The summed E-state index contributed by atoms with van der Waals surface area (Å²) in [6.07, 6.45) is 2.22. The predicted octanol–water partition coefficient (Wildman–Crippen LogP) is 4.36. The molecule has 3 aromatic rings. The molecule has 2 N–H and O–H groups in total. The van der Waals surface area contributed by atoms with E-state index in [0.29, 0.717) is 42.9 Å². The van der Waals surface area contributed by atoms with Crippen LogP contribution in [-0.2, 0) is 16.0 Å². The smallest absolute Gasteiger partial charge is 0.257 e. The summed E-state index contributed by atoms with van der Waals surface area (Å²) < 4.78 is 5.75. The highest BCUT2D eigenvalue weighted by molar-refractivity contribution is 5.94. The Bertz CT molecular complexity index is 1200. The molecule has 0 fully saturated rings. The highest BCUT2D eigenvalue weighted by atomic mass is 16.5. The van der Waals surface area contributed by atoms with E-state index in [0.717, 1.165) is 17.7 Å². The monoisotopic (exact) mass is 438 g/mol.